The molecule has 2 atom stereocenters. The van der Waals surface area contributed by atoms with Gasteiger partial charge in [0.15, 0.2) is 5.12 Å². The monoisotopic (exact) mass is 294 g/mol. The van der Waals surface area contributed by atoms with Gasteiger partial charge in [-0.05, 0) is 11.6 Å². The SMILES string of the molecule is CC(=O)SCC(O)C(O)c1ccc(C(F)F)c(F)c1. The third-order valence-corrected chi connectivity index (χ3v) is 3.34. The summed E-state index contributed by atoms with van der Waals surface area (Å²) >= 11 is 0.812. The highest BCUT2D eigenvalue weighted by Crippen LogP contribution is 2.26. The van der Waals surface area contributed by atoms with Crippen LogP contribution in [0.1, 0.15) is 30.6 Å². The van der Waals surface area contributed by atoms with Crippen LogP contribution in [-0.2, 0) is 4.79 Å². The molecule has 0 bridgehead atoms. The molecule has 2 unspecified atom stereocenters. The molecule has 3 nitrogen and oxygen atoms in total. The first-order valence-electron chi connectivity index (χ1n) is 5.40. The zero-order chi connectivity index (χ0) is 14.6. The average Bonchev–Trinajstić information content (AvgIpc) is 2.34. The summed E-state index contributed by atoms with van der Waals surface area (Å²) in [5.74, 6) is -1.20. The fraction of sp³-hybridized carbons (Fsp3) is 0.417. The number of halogens is 3. The van der Waals surface area contributed by atoms with Gasteiger partial charge in [-0.15, -0.1) is 0 Å². The maximum Gasteiger partial charge on any atom is 0.266 e. The minimum Gasteiger partial charge on any atom is -0.389 e. The second-order valence-electron chi connectivity index (χ2n) is 3.90. The predicted octanol–water partition coefficient (Wildman–Crippen LogP) is 2.44. The fourth-order valence-electron chi connectivity index (χ4n) is 1.42. The molecule has 19 heavy (non-hydrogen) atoms. The van der Waals surface area contributed by atoms with Crippen LogP contribution in [0.25, 0.3) is 0 Å². The van der Waals surface area contributed by atoms with Crippen molar-refractivity contribution in [2.75, 3.05) is 5.75 Å². The van der Waals surface area contributed by atoms with E-state index < -0.39 is 30.0 Å². The zero-order valence-corrected chi connectivity index (χ0v) is 10.8. The minimum absolute atomic E-state index is 0.0152. The van der Waals surface area contributed by atoms with E-state index in [9.17, 15) is 28.2 Å². The summed E-state index contributed by atoms with van der Waals surface area (Å²) in [4.78, 5) is 10.7. The van der Waals surface area contributed by atoms with Crippen molar-refractivity contribution >= 4 is 16.9 Å². The maximum atomic E-state index is 13.3. The van der Waals surface area contributed by atoms with Gasteiger partial charge in [0.25, 0.3) is 6.43 Å². The van der Waals surface area contributed by atoms with Crippen LogP contribution in [0.15, 0.2) is 18.2 Å². The molecule has 2 N–H and O–H groups in total. The summed E-state index contributed by atoms with van der Waals surface area (Å²) in [6.07, 6.45) is -5.66. The number of carbonyl (C=O) groups excluding carboxylic acids is 1. The highest BCUT2D eigenvalue weighted by Gasteiger charge is 2.21. The van der Waals surface area contributed by atoms with Crippen LogP contribution in [-0.4, -0.2) is 27.2 Å². The number of alkyl halides is 2. The molecule has 0 radical (unpaired) electrons. The van der Waals surface area contributed by atoms with Crippen molar-refractivity contribution in [3.63, 3.8) is 0 Å². The lowest BCUT2D eigenvalue weighted by Crippen LogP contribution is -2.21. The first-order chi connectivity index (χ1) is 8.82. The Balaban J connectivity index is 2.79. The second-order valence-corrected chi connectivity index (χ2v) is 5.09. The Morgan fingerprint density at radius 2 is 2.00 bits per heavy atom. The quantitative estimate of drug-likeness (QED) is 0.875. The Labute approximate surface area is 112 Å². The van der Waals surface area contributed by atoms with E-state index in [1.54, 1.807) is 0 Å². The van der Waals surface area contributed by atoms with Crippen molar-refractivity contribution in [3.8, 4) is 0 Å². The van der Waals surface area contributed by atoms with Crippen LogP contribution in [0.5, 0.6) is 0 Å². The molecule has 0 amide bonds. The fourth-order valence-corrected chi connectivity index (χ4v) is 2.01. The van der Waals surface area contributed by atoms with Gasteiger partial charge in [0.2, 0.25) is 0 Å². The van der Waals surface area contributed by atoms with Gasteiger partial charge >= 0.3 is 0 Å². The minimum atomic E-state index is -2.94. The van der Waals surface area contributed by atoms with Gasteiger partial charge in [-0.25, -0.2) is 13.2 Å². The molecule has 0 aliphatic carbocycles. The summed E-state index contributed by atoms with van der Waals surface area (Å²) < 4.78 is 38.0. The Kier molecular flexibility index (Phi) is 5.84. The number of aliphatic hydroxyl groups excluding tert-OH is 2. The van der Waals surface area contributed by atoms with Gasteiger partial charge < -0.3 is 10.2 Å². The van der Waals surface area contributed by atoms with Crippen molar-refractivity contribution in [1.29, 1.82) is 0 Å². The third-order valence-electron chi connectivity index (χ3n) is 2.42. The average molecular weight is 294 g/mol. The van der Waals surface area contributed by atoms with Crippen LogP contribution in [0, 0.1) is 5.82 Å². The molecular formula is C12H13F3O3S. The zero-order valence-electron chi connectivity index (χ0n) is 10.0. The highest BCUT2D eigenvalue weighted by molar-refractivity contribution is 8.13. The van der Waals surface area contributed by atoms with E-state index in [4.69, 9.17) is 0 Å². The molecule has 0 heterocycles. The van der Waals surface area contributed by atoms with E-state index in [0.717, 1.165) is 30.0 Å². The van der Waals surface area contributed by atoms with Crippen molar-refractivity contribution < 1.29 is 28.2 Å². The first kappa shape index (κ1) is 16.0. The van der Waals surface area contributed by atoms with Crippen LogP contribution in [0.4, 0.5) is 13.2 Å². The standard InChI is InChI=1S/C12H13F3O3S/c1-6(16)19-5-10(17)11(18)7-2-3-8(12(14)15)9(13)4-7/h2-4,10-12,17-18H,5H2,1H3. The highest BCUT2D eigenvalue weighted by atomic mass is 32.2. The van der Waals surface area contributed by atoms with E-state index >= 15 is 0 Å². The summed E-state index contributed by atoms with van der Waals surface area (Å²) in [5, 5.41) is 19.1. The van der Waals surface area contributed by atoms with Gasteiger partial charge in [0.1, 0.15) is 11.9 Å². The lowest BCUT2D eigenvalue weighted by molar-refractivity contribution is -0.109. The molecule has 0 aromatic heterocycles. The number of rotatable bonds is 5. The molecule has 1 aromatic carbocycles. The van der Waals surface area contributed by atoms with Crippen LogP contribution >= 0.6 is 11.8 Å². The van der Waals surface area contributed by atoms with E-state index in [1.165, 1.54) is 6.92 Å². The summed E-state index contributed by atoms with van der Waals surface area (Å²) in [5.41, 5.74) is -0.776. The topological polar surface area (TPSA) is 57.5 Å². The van der Waals surface area contributed by atoms with Crippen molar-refractivity contribution in [3.05, 3.63) is 35.1 Å². The van der Waals surface area contributed by atoms with E-state index in [0.29, 0.717) is 0 Å². The van der Waals surface area contributed by atoms with Crippen LogP contribution in [0.3, 0.4) is 0 Å². The molecule has 0 saturated carbocycles. The van der Waals surface area contributed by atoms with E-state index in [1.807, 2.05) is 0 Å². The van der Waals surface area contributed by atoms with Gasteiger partial charge in [-0.3, -0.25) is 4.79 Å². The normalized spacial score (nSPS) is 14.5. The Bertz CT molecular complexity index is 454. The summed E-state index contributed by atoms with van der Waals surface area (Å²) in [6.45, 7) is 1.31. The number of thioether (sulfide) groups is 1. The van der Waals surface area contributed by atoms with Gasteiger partial charge in [-0.1, -0.05) is 23.9 Å². The smallest absolute Gasteiger partial charge is 0.266 e. The molecule has 0 saturated heterocycles. The lowest BCUT2D eigenvalue weighted by Gasteiger charge is -2.18. The van der Waals surface area contributed by atoms with Crippen molar-refractivity contribution in [1.82, 2.24) is 0 Å². The summed E-state index contributed by atoms with van der Waals surface area (Å²) in [6, 6.07) is 2.74. The lowest BCUT2D eigenvalue weighted by atomic mass is 10.0. The van der Waals surface area contributed by atoms with Crippen LogP contribution < -0.4 is 0 Å². The van der Waals surface area contributed by atoms with Crippen LogP contribution in [0.2, 0.25) is 0 Å². The molecule has 1 aromatic rings. The van der Waals surface area contributed by atoms with E-state index in [2.05, 4.69) is 0 Å². The second kappa shape index (κ2) is 6.93. The molecule has 0 aliphatic heterocycles. The van der Waals surface area contributed by atoms with Gasteiger partial charge in [0, 0.05) is 12.7 Å². The van der Waals surface area contributed by atoms with Gasteiger partial charge in [-0.2, -0.15) is 0 Å². The predicted molar refractivity (Wildman–Crippen MR) is 65.5 cm³/mol. The maximum absolute atomic E-state index is 13.3. The Hall–Kier alpha value is -1.05. The van der Waals surface area contributed by atoms with E-state index in [-0.39, 0.29) is 16.4 Å². The van der Waals surface area contributed by atoms with Gasteiger partial charge in [0.05, 0.1) is 11.7 Å². The molecule has 0 aliphatic rings. The molecule has 7 heteroatoms. The number of carbonyl (C=O) groups is 1. The van der Waals surface area contributed by atoms with Crippen molar-refractivity contribution in [2.45, 2.75) is 25.6 Å². The first-order valence-corrected chi connectivity index (χ1v) is 6.38. The Morgan fingerprint density at radius 1 is 1.37 bits per heavy atom. The molecule has 0 fully saturated rings. The largest absolute Gasteiger partial charge is 0.389 e. The molecule has 1 rings (SSSR count). The number of benzene rings is 1. The molecule has 106 valence electrons. The number of hydrogen-bond acceptors (Lipinski definition) is 4. The Morgan fingerprint density at radius 3 is 2.47 bits per heavy atom. The van der Waals surface area contributed by atoms with Crippen molar-refractivity contribution in [2.24, 2.45) is 0 Å². The summed E-state index contributed by atoms with van der Waals surface area (Å²) in [7, 11) is 0. The number of hydrogen-bond donors (Lipinski definition) is 2. The third kappa shape index (κ3) is 4.52. The molecular weight excluding hydrogens is 281 g/mol. The number of aliphatic hydroxyl groups is 2. The molecule has 0 spiro atoms.